The largest absolute Gasteiger partial charge is 0.311 e. The molecule has 126 valence electrons. The van der Waals surface area contributed by atoms with Crippen molar-refractivity contribution in [2.24, 2.45) is 15.3 Å². The standard InChI is InChI=1S/C18H17N5O2/c1-12-8-6-7-11-15(12)20-21-16-17(19-13(2)24)22-23(18(16)25)14-9-4-3-5-10-14/h3-11,16H,1-2H3,(H,19,22,24). The number of carbonyl (C=O) groups is 2. The van der Waals surface area contributed by atoms with Crippen molar-refractivity contribution in [2.45, 2.75) is 19.9 Å². The molecule has 1 atom stereocenters. The van der Waals surface area contributed by atoms with E-state index in [-0.39, 0.29) is 17.6 Å². The summed E-state index contributed by atoms with van der Waals surface area (Å²) in [6, 6.07) is 15.4. The number of amides is 2. The Morgan fingerprint density at radius 1 is 1.12 bits per heavy atom. The number of benzene rings is 2. The second-order valence-corrected chi connectivity index (χ2v) is 5.56. The van der Waals surface area contributed by atoms with E-state index in [1.54, 1.807) is 24.3 Å². The van der Waals surface area contributed by atoms with Crippen LogP contribution in [0.4, 0.5) is 11.4 Å². The average Bonchev–Trinajstić information content (AvgIpc) is 2.90. The van der Waals surface area contributed by atoms with E-state index in [2.05, 4.69) is 20.6 Å². The third-order valence-electron chi connectivity index (χ3n) is 3.61. The van der Waals surface area contributed by atoms with Gasteiger partial charge in [-0.25, -0.2) is 0 Å². The van der Waals surface area contributed by atoms with Gasteiger partial charge in [0.15, 0.2) is 5.84 Å². The first-order valence-electron chi connectivity index (χ1n) is 7.78. The first-order valence-corrected chi connectivity index (χ1v) is 7.78. The van der Waals surface area contributed by atoms with Gasteiger partial charge in [-0.3, -0.25) is 9.59 Å². The van der Waals surface area contributed by atoms with Crippen molar-refractivity contribution in [3.8, 4) is 0 Å². The lowest BCUT2D eigenvalue weighted by Crippen LogP contribution is -2.38. The minimum atomic E-state index is -0.983. The quantitative estimate of drug-likeness (QED) is 0.874. The molecule has 25 heavy (non-hydrogen) atoms. The Hall–Kier alpha value is -3.35. The van der Waals surface area contributed by atoms with E-state index in [4.69, 9.17) is 0 Å². The number of anilines is 1. The maximum atomic E-state index is 12.7. The van der Waals surface area contributed by atoms with E-state index < -0.39 is 6.04 Å². The summed E-state index contributed by atoms with van der Waals surface area (Å²) in [5.41, 5.74) is 2.20. The van der Waals surface area contributed by atoms with Gasteiger partial charge in [0.2, 0.25) is 11.9 Å². The van der Waals surface area contributed by atoms with Crippen molar-refractivity contribution < 1.29 is 9.59 Å². The fraction of sp³-hybridized carbons (Fsp3) is 0.167. The van der Waals surface area contributed by atoms with Gasteiger partial charge in [0.05, 0.1) is 11.4 Å². The van der Waals surface area contributed by atoms with Gasteiger partial charge in [-0.15, -0.1) is 5.10 Å². The zero-order chi connectivity index (χ0) is 17.8. The van der Waals surface area contributed by atoms with Crippen molar-refractivity contribution in [1.29, 1.82) is 0 Å². The molecule has 7 heteroatoms. The molecule has 0 saturated heterocycles. The fourth-order valence-electron chi connectivity index (χ4n) is 2.37. The molecule has 2 aromatic rings. The zero-order valence-electron chi connectivity index (χ0n) is 13.9. The van der Waals surface area contributed by atoms with Crippen molar-refractivity contribution in [3.63, 3.8) is 0 Å². The van der Waals surface area contributed by atoms with E-state index in [1.165, 1.54) is 11.9 Å². The third kappa shape index (κ3) is 3.60. The topological polar surface area (TPSA) is 86.5 Å². The Labute approximate surface area is 145 Å². The highest BCUT2D eigenvalue weighted by Gasteiger charge is 2.37. The Morgan fingerprint density at radius 3 is 2.48 bits per heavy atom. The number of amidine groups is 1. The number of hydrogen-bond acceptors (Lipinski definition) is 5. The van der Waals surface area contributed by atoms with Crippen LogP contribution in [0.5, 0.6) is 0 Å². The van der Waals surface area contributed by atoms with Gasteiger partial charge < -0.3 is 5.32 Å². The summed E-state index contributed by atoms with van der Waals surface area (Å²) in [6.07, 6.45) is 0. The van der Waals surface area contributed by atoms with E-state index in [9.17, 15) is 9.59 Å². The van der Waals surface area contributed by atoms with Crippen LogP contribution in [0.15, 0.2) is 69.9 Å². The summed E-state index contributed by atoms with van der Waals surface area (Å²) in [7, 11) is 0. The molecule has 7 nitrogen and oxygen atoms in total. The number of hydrogen-bond donors (Lipinski definition) is 1. The SMILES string of the molecule is CC(=O)NC1=NN(c2ccccc2)C(=O)C1N=Nc1ccccc1C. The van der Waals surface area contributed by atoms with Crippen LogP contribution in [0.2, 0.25) is 0 Å². The first-order chi connectivity index (χ1) is 12.1. The maximum absolute atomic E-state index is 12.7. The predicted octanol–water partition coefficient (Wildman–Crippen LogP) is 2.94. The smallest absolute Gasteiger partial charge is 0.282 e. The lowest BCUT2D eigenvalue weighted by atomic mass is 10.2. The molecule has 1 heterocycles. The number of aryl methyl sites for hydroxylation is 1. The van der Waals surface area contributed by atoms with Crippen molar-refractivity contribution in [2.75, 3.05) is 5.01 Å². The van der Waals surface area contributed by atoms with E-state index >= 15 is 0 Å². The Kier molecular flexibility index (Phi) is 4.65. The molecule has 0 fully saturated rings. The van der Waals surface area contributed by atoms with Gasteiger partial charge in [0, 0.05) is 6.92 Å². The normalized spacial score (nSPS) is 17.0. The van der Waals surface area contributed by atoms with E-state index in [1.807, 2.05) is 37.3 Å². The second-order valence-electron chi connectivity index (χ2n) is 5.56. The number of azo groups is 1. The molecule has 2 amide bonds. The number of nitrogens with zero attached hydrogens (tertiary/aromatic N) is 4. The van der Waals surface area contributed by atoms with Crippen LogP contribution in [-0.2, 0) is 9.59 Å². The molecule has 2 aromatic carbocycles. The van der Waals surface area contributed by atoms with Crippen LogP contribution in [0.3, 0.4) is 0 Å². The number of carbonyl (C=O) groups excluding carboxylic acids is 2. The fourth-order valence-corrected chi connectivity index (χ4v) is 2.37. The van der Waals surface area contributed by atoms with Gasteiger partial charge in [0.25, 0.3) is 5.91 Å². The predicted molar refractivity (Wildman–Crippen MR) is 94.7 cm³/mol. The Bertz CT molecular complexity index is 861. The molecule has 0 spiro atoms. The molecule has 1 aliphatic heterocycles. The van der Waals surface area contributed by atoms with Crippen molar-refractivity contribution in [1.82, 2.24) is 5.32 Å². The molecule has 0 saturated carbocycles. The molecule has 0 bridgehead atoms. The minimum Gasteiger partial charge on any atom is -0.311 e. The van der Waals surface area contributed by atoms with Gasteiger partial charge >= 0.3 is 0 Å². The zero-order valence-corrected chi connectivity index (χ0v) is 13.9. The number of hydrazone groups is 1. The summed E-state index contributed by atoms with van der Waals surface area (Å²) < 4.78 is 0. The summed E-state index contributed by atoms with van der Waals surface area (Å²) >= 11 is 0. The van der Waals surface area contributed by atoms with Crippen LogP contribution < -0.4 is 10.3 Å². The van der Waals surface area contributed by atoms with Crippen molar-refractivity contribution in [3.05, 3.63) is 60.2 Å². The second kappa shape index (κ2) is 7.04. The summed E-state index contributed by atoms with van der Waals surface area (Å²) in [5, 5.41) is 16.3. The lowest BCUT2D eigenvalue weighted by Gasteiger charge is -2.11. The van der Waals surface area contributed by atoms with Crippen LogP contribution >= 0.6 is 0 Å². The van der Waals surface area contributed by atoms with Crippen LogP contribution in [0.1, 0.15) is 12.5 Å². The maximum Gasteiger partial charge on any atom is 0.282 e. The Morgan fingerprint density at radius 2 is 1.80 bits per heavy atom. The molecule has 1 N–H and O–H groups in total. The minimum absolute atomic E-state index is 0.165. The molecule has 1 unspecified atom stereocenters. The number of nitrogens with one attached hydrogen (secondary N) is 1. The Balaban J connectivity index is 1.91. The summed E-state index contributed by atoms with van der Waals surface area (Å²) in [5.74, 6) is -0.525. The third-order valence-corrected chi connectivity index (χ3v) is 3.61. The molecular weight excluding hydrogens is 318 g/mol. The number of rotatable bonds is 3. The lowest BCUT2D eigenvalue weighted by molar-refractivity contribution is -0.117. The number of para-hydroxylation sites is 1. The van der Waals surface area contributed by atoms with Crippen LogP contribution in [0, 0.1) is 6.92 Å². The molecule has 0 aromatic heterocycles. The van der Waals surface area contributed by atoms with E-state index in [0.717, 1.165) is 5.56 Å². The first kappa shape index (κ1) is 16.5. The highest BCUT2D eigenvalue weighted by atomic mass is 16.2. The molecular formula is C18H17N5O2. The van der Waals surface area contributed by atoms with Gasteiger partial charge in [-0.2, -0.15) is 15.2 Å². The molecule has 0 radical (unpaired) electrons. The van der Waals surface area contributed by atoms with Crippen molar-refractivity contribution >= 4 is 29.0 Å². The highest BCUT2D eigenvalue weighted by Crippen LogP contribution is 2.23. The monoisotopic (exact) mass is 335 g/mol. The summed E-state index contributed by atoms with van der Waals surface area (Å²) in [4.78, 5) is 24.1. The average molecular weight is 335 g/mol. The van der Waals surface area contributed by atoms with Gasteiger partial charge in [-0.05, 0) is 30.7 Å². The molecule has 0 aliphatic carbocycles. The van der Waals surface area contributed by atoms with Crippen LogP contribution in [0.25, 0.3) is 0 Å². The van der Waals surface area contributed by atoms with Gasteiger partial charge in [0.1, 0.15) is 0 Å². The van der Waals surface area contributed by atoms with Crippen LogP contribution in [-0.4, -0.2) is 23.7 Å². The highest BCUT2D eigenvalue weighted by molar-refractivity contribution is 6.21. The summed E-state index contributed by atoms with van der Waals surface area (Å²) in [6.45, 7) is 3.26. The molecule has 3 rings (SSSR count). The molecule has 1 aliphatic rings. The van der Waals surface area contributed by atoms with E-state index in [0.29, 0.717) is 11.4 Å². The van der Waals surface area contributed by atoms with Gasteiger partial charge in [-0.1, -0.05) is 36.4 Å².